The van der Waals surface area contributed by atoms with Gasteiger partial charge in [0.05, 0.1) is 0 Å². The van der Waals surface area contributed by atoms with Crippen molar-refractivity contribution in [3.8, 4) is 11.1 Å². The summed E-state index contributed by atoms with van der Waals surface area (Å²) in [5, 5.41) is 12.5. The number of aromatic amines is 1. The molecule has 1 saturated heterocycles. The smallest absolute Gasteiger partial charge is 0.227 e. The lowest BCUT2D eigenvalue weighted by molar-refractivity contribution is -0.124. The number of halogens is 1. The highest BCUT2D eigenvalue weighted by molar-refractivity contribution is 5.95. The lowest BCUT2D eigenvalue weighted by Gasteiger charge is -2.22. The van der Waals surface area contributed by atoms with Gasteiger partial charge in [0.25, 0.3) is 0 Å². The lowest BCUT2D eigenvalue weighted by atomic mass is 10.0. The number of H-pyrrole nitrogens is 1. The minimum absolute atomic E-state index is 0.0184. The van der Waals surface area contributed by atoms with Crippen LogP contribution >= 0.6 is 0 Å². The molecule has 3 N–H and O–H groups in total. The van der Waals surface area contributed by atoms with E-state index in [9.17, 15) is 14.0 Å². The molecule has 1 unspecified atom stereocenters. The second kappa shape index (κ2) is 6.82. The molecule has 0 spiro atoms. The van der Waals surface area contributed by atoms with E-state index in [1.807, 2.05) is 6.92 Å². The van der Waals surface area contributed by atoms with Gasteiger partial charge < -0.3 is 10.6 Å². The van der Waals surface area contributed by atoms with Gasteiger partial charge in [0.2, 0.25) is 11.8 Å². The number of carbonyl (C=O) groups is 2. The summed E-state index contributed by atoms with van der Waals surface area (Å²) in [5.74, 6) is -0.234. The summed E-state index contributed by atoms with van der Waals surface area (Å²) >= 11 is 0. The van der Waals surface area contributed by atoms with Crippen LogP contribution in [0.15, 0.2) is 24.3 Å². The molecule has 2 heterocycles. The van der Waals surface area contributed by atoms with Crippen LogP contribution in [-0.2, 0) is 9.59 Å². The molecule has 1 aliphatic rings. The number of anilines is 1. The zero-order chi connectivity index (χ0) is 17.1. The van der Waals surface area contributed by atoms with E-state index in [0.29, 0.717) is 23.4 Å². The summed E-state index contributed by atoms with van der Waals surface area (Å²) in [6.07, 6.45) is 2.29. The normalized spacial score (nSPS) is 17.4. The fourth-order valence-corrected chi connectivity index (χ4v) is 2.96. The van der Waals surface area contributed by atoms with Crippen LogP contribution in [0.4, 0.5) is 10.2 Å². The fourth-order valence-electron chi connectivity index (χ4n) is 2.96. The van der Waals surface area contributed by atoms with Gasteiger partial charge in [0, 0.05) is 30.1 Å². The Balaban J connectivity index is 1.74. The van der Waals surface area contributed by atoms with E-state index in [0.717, 1.165) is 18.5 Å². The van der Waals surface area contributed by atoms with Crippen LogP contribution < -0.4 is 10.6 Å². The van der Waals surface area contributed by atoms with Gasteiger partial charge in [0.1, 0.15) is 5.82 Å². The fraction of sp³-hybridized carbons (Fsp3) is 0.353. The van der Waals surface area contributed by atoms with Crippen molar-refractivity contribution in [2.45, 2.75) is 38.6 Å². The molecule has 1 aromatic carbocycles. The molecule has 0 aliphatic carbocycles. The lowest BCUT2D eigenvalue weighted by Crippen LogP contribution is -2.40. The monoisotopic (exact) mass is 330 g/mol. The first-order chi connectivity index (χ1) is 11.5. The standard InChI is InChI=1S/C17H19FN4O2/c1-10-16(11-4-2-5-12(18)8-11)17(22-21-10)20-15(24)9-13-6-3-7-14(23)19-13/h2,4-5,8,13H,3,6-7,9H2,1H3,(H,19,23)(H2,20,21,22,24). The number of aromatic nitrogens is 2. The van der Waals surface area contributed by atoms with Crippen molar-refractivity contribution in [1.82, 2.24) is 15.5 Å². The van der Waals surface area contributed by atoms with E-state index in [-0.39, 0.29) is 30.1 Å². The summed E-state index contributed by atoms with van der Waals surface area (Å²) in [7, 11) is 0. The van der Waals surface area contributed by atoms with Crippen molar-refractivity contribution in [1.29, 1.82) is 0 Å². The molecule has 0 bridgehead atoms. The quantitative estimate of drug-likeness (QED) is 0.805. The number of benzene rings is 1. The molecule has 2 aromatic rings. The molecule has 0 saturated carbocycles. The number of carbonyl (C=O) groups excluding carboxylic acids is 2. The molecule has 7 heteroatoms. The van der Waals surface area contributed by atoms with E-state index in [1.165, 1.54) is 12.1 Å². The molecule has 1 aliphatic heterocycles. The van der Waals surface area contributed by atoms with Gasteiger partial charge in [-0.25, -0.2) is 4.39 Å². The predicted molar refractivity (Wildman–Crippen MR) is 87.7 cm³/mol. The van der Waals surface area contributed by atoms with E-state index in [4.69, 9.17) is 0 Å². The number of hydrogen-bond acceptors (Lipinski definition) is 3. The summed E-state index contributed by atoms with van der Waals surface area (Å²) < 4.78 is 13.5. The van der Waals surface area contributed by atoms with Gasteiger partial charge in [-0.1, -0.05) is 12.1 Å². The Morgan fingerprint density at radius 1 is 1.46 bits per heavy atom. The minimum Gasteiger partial charge on any atom is -0.353 e. The Morgan fingerprint density at radius 2 is 2.29 bits per heavy atom. The third-order valence-electron chi connectivity index (χ3n) is 4.07. The van der Waals surface area contributed by atoms with Crippen LogP contribution in [0.2, 0.25) is 0 Å². The van der Waals surface area contributed by atoms with Crippen molar-refractivity contribution in [3.63, 3.8) is 0 Å². The molecular formula is C17H19FN4O2. The van der Waals surface area contributed by atoms with Crippen LogP contribution in [0.25, 0.3) is 11.1 Å². The highest BCUT2D eigenvalue weighted by Gasteiger charge is 2.22. The molecule has 126 valence electrons. The number of piperidine rings is 1. The number of hydrogen-bond donors (Lipinski definition) is 3. The van der Waals surface area contributed by atoms with Gasteiger partial charge >= 0.3 is 0 Å². The molecule has 1 aromatic heterocycles. The Morgan fingerprint density at radius 3 is 3.04 bits per heavy atom. The second-order valence-electron chi connectivity index (χ2n) is 5.99. The molecule has 6 nitrogen and oxygen atoms in total. The van der Waals surface area contributed by atoms with E-state index < -0.39 is 0 Å². The highest BCUT2D eigenvalue weighted by Crippen LogP contribution is 2.30. The van der Waals surface area contributed by atoms with Crippen molar-refractivity contribution < 1.29 is 14.0 Å². The largest absolute Gasteiger partial charge is 0.353 e. The second-order valence-corrected chi connectivity index (χ2v) is 5.99. The SMILES string of the molecule is Cc1[nH]nc(NC(=O)CC2CCCC(=O)N2)c1-c1cccc(F)c1. The summed E-state index contributed by atoms with van der Waals surface area (Å²) in [6.45, 7) is 1.81. The van der Waals surface area contributed by atoms with Crippen LogP contribution in [0.1, 0.15) is 31.4 Å². The number of nitrogens with zero attached hydrogens (tertiary/aromatic N) is 1. The Bertz CT molecular complexity index is 772. The van der Waals surface area contributed by atoms with E-state index in [1.54, 1.807) is 12.1 Å². The van der Waals surface area contributed by atoms with Gasteiger partial charge in [-0.2, -0.15) is 5.10 Å². The molecule has 24 heavy (non-hydrogen) atoms. The van der Waals surface area contributed by atoms with Crippen molar-refractivity contribution >= 4 is 17.6 Å². The van der Waals surface area contributed by atoms with E-state index >= 15 is 0 Å². The molecule has 3 rings (SSSR count). The van der Waals surface area contributed by atoms with Gasteiger partial charge in [0.15, 0.2) is 5.82 Å². The third-order valence-corrected chi connectivity index (χ3v) is 4.07. The average molecular weight is 330 g/mol. The maximum Gasteiger partial charge on any atom is 0.227 e. The van der Waals surface area contributed by atoms with Crippen molar-refractivity contribution in [2.24, 2.45) is 0 Å². The average Bonchev–Trinajstić information content (AvgIpc) is 2.87. The Labute approximate surface area is 138 Å². The first-order valence-corrected chi connectivity index (χ1v) is 7.93. The van der Waals surface area contributed by atoms with Gasteiger partial charge in [-0.05, 0) is 37.5 Å². The van der Waals surface area contributed by atoms with Crippen molar-refractivity contribution in [3.05, 3.63) is 35.8 Å². The third kappa shape index (κ3) is 3.61. The topological polar surface area (TPSA) is 86.9 Å². The number of aryl methyl sites for hydroxylation is 1. The van der Waals surface area contributed by atoms with Gasteiger partial charge in [-0.15, -0.1) is 0 Å². The number of amides is 2. The maximum absolute atomic E-state index is 13.5. The minimum atomic E-state index is -0.352. The first kappa shape index (κ1) is 16.2. The predicted octanol–water partition coefficient (Wildman–Crippen LogP) is 2.52. The number of rotatable bonds is 4. The Kier molecular flexibility index (Phi) is 4.59. The maximum atomic E-state index is 13.5. The number of nitrogens with one attached hydrogen (secondary N) is 3. The summed E-state index contributed by atoms with van der Waals surface area (Å²) in [4.78, 5) is 23.6. The van der Waals surface area contributed by atoms with E-state index in [2.05, 4.69) is 20.8 Å². The molecule has 1 atom stereocenters. The van der Waals surface area contributed by atoms with Crippen LogP contribution in [0.3, 0.4) is 0 Å². The summed E-state index contributed by atoms with van der Waals surface area (Å²) in [6, 6.07) is 5.99. The molecular weight excluding hydrogens is 311 g/mol. The zero-order valence-corrected chi connectivity index (χ0v) is 13.4. The highest BCUT2D eigenvalue weighted by atomic mass is 19.1. The molecule has 0 radical (unpaired) electrons. The zero-order valence-electron chi connectivity index (χ0n) is 13.4. The molecule has 1 fully saturated rings. The van der Waals surface area contributed by atoms with Gasteiger partial charge in [-0.3, -0.25) is 14.7 Å². The Hall–Kier alpha value is -2.70. The van der Waals surface area contributed by atoms with Crippen molar-refractivity contribution in [2.75, 3.05) is 5.32 Å². The van der Waals surface area contributed by atoms with Crippen LogP contribution in [0, 0.1) is 12.7 Å². The molecule has 2 amide bonds. The van der Waals surface area contributed by atoms with Crippen LogP contribution in [0.5, 0.6) is 0 Å². The summed E-state index contributed by atoms with van der Waals surface area (Å²) in [5.41, 5.74) is 2.04. The van der Waals surface area contributed by atoms with Crippen LogP contribution in [-0.4, -0.2) is 28.1 Å². The first-order valence-electron chi connectivity index (χ1n) is 7.93.